The van der Waals surface area contributed by atoms with Crippen LogP contribution in [0, 0.1) is 5.92 Å². The maximum absolute atomic E-state index is 12.9. The molecule has 7 heteroatoms. The first-order valence-corrected chi connectivity index (χ1v) is 11.0. The van der Waals surface area contributed by atoms with E-state index in [4.69, 9.17) is 4.42 Å². The third kappa shape index (κ3) is 5.16. The first kappa shape index (κ1) is 21.2. The number of hydrogen-bond acceptors (Lipinski definition) is 4. The number of likely N-dealkylation sites (tertiary alicyclic amines) is 2. The van der Waals surface area contributed by atoms with E-state index < -0.39 is 0 Å². The lowest BCUT2D eigenvalue weighted by atomic mass is 9.84. The zero-order valence-electron chi connectivity index (χ0n) is 17.7. The first-order valence-electron chi connectivity index (χ1n) is 11.0. The molecule has 1 aromatic heterocycles. The van der Waals surface area contributed by atoms with Crippen LogP contribution in [0.1, 0.15) is 47.5 Å². The molecule has 0 spiro atoms. The van der Waals surface area contributed by atoms with Crippen molar-refractivity contribution in [3.8, 4) is 0 Å². The Morgan fingerprint density at radius 3 is 2.68 bits per heavy atom. The molecule has 2 saturated heterocycles. The molecular weight excluding hydrogens is 394 g/mol. The van der Waals surface area contributed by atoms with E-state index in [2.05, 4.69) is 17.4 Å². The summed E-state index contributed by atoms with van der Waals surface area (Å²) < 4.78 is 5.07. The Morgan fingerprint density at radius 1 is 1.13 bits per heavy atom. The van der Waals surface area contributed by atoms with Gasteiger partial charge in [0.2, 0.25) is 11.8 Å². The highest BCUT2D eigenvalue weighted by molar-refractivity contribution is 5.94. The number of amides is 3. The fraction of sp³-hybridized carbons (Fsp3) is 0.458. The van der Waals surface area contributed by atoms with Crippen LogP contribution in [0.5, 0.6) is 0 Å². The van der Waals surface area contributed by atoms with Gasteiger partial charge in [-0.15, -0.1) is 0 Å². The van der Waals surface area contributed by atoms with Crippen LogP contribution in [0.4, 0.5) is 0 Å². The van der Waals surface area contributed by atoms with Crippen LogP contribution in [0.25, 0.3) is 0 Å². The normalized spacial score (nSPS) is 21.4. The van der Waals surface area contributed by atoms with Crippen molar-refractivity contribution in [2.75, 3.05) is 32.7 Å². The summed E-state index contributed by atoms with van der Waals surface area (Å²) >= 11 is 0. The summed E-state index contributed by atoms with van der Waals surface area (Å²) in [5, 5.41) is 3.02. The lowest BCUT2D eigenvalue weighted by Crippen LogP contribution is -2.48. The number of hydrogen-bond donors (Lipinski definition) is 1. The van der Waals surface area contributed by atoms with E-state index >= 15 is 0 Å². The summed E-state index contributed by atoms with van der Waals surface area (Å²) in [5.74, 6) is -0.109. The summed E-state index contributed by atoms with van der Waals surface area (Å²) in [5.41, 5.74) is 1.64. The van der Waals surface area contributed by atoms with Gasteiger partial charge in [-0.1, -0.05) is 30.3 Å². The molecule has 3 heterocycles. The molecule has 2 unspecified atom stereocenters. The van der Waals surface area contributed by atoms with E-state index in [1.54, 1.807) is 11.0 Å². The van der Waals surface area contributed by atoms with Crippen LogP contribution >= 0.6 is 0 Å². The number of nitrogens with zero attached hydrogens (tertiary/aromatic N) is 2. The van der Waals surface area contributed by atoms with Crippen molar-refractivity contribution >= 4 is 17.7 Å². The molecule has 0 bridgehead atoms. The first-order chi connectivity index (χ1) is 15.1. The average Bonchev–Trinajstić information content (AvgIpc) is 3.48. The molecule has 2 fully saturated rings. The number of nitrogens with one attached hydrogen (secondary N) is 1. The van der Waals surface area contributed by atoms with Crippen LogP contribution in [-0.2, 0) is 9.59 Å². The van der Waals surface area contributed by atoms with Crippen LogP contribution < -0.4 is 5.32 Å². The number of piperidine rings is 1. The van der Waals surface area contributed by atoms with Gasteiger partial charge >= 0.3 is 0 Å². The molecule has 2 aromatic rings. The smallest absolute Gasteiger partial charge is 0.257 e. The summed E-state index contributed by atoms with van der Waals surface area (Å²) in [7, 11) is 0. The Balaban J connectivity index is 1.38. The fourth-order valence-corrected chi connectivity index (χ4v) is 4.56. The molecular formula is C24H29N3O4. The quantitative estimate of drug-likeness (QED) is 0.694. The third-order valence-corrected chi connectivity index (χ3v) is 6.22. The van der Waals surface area contributed by atoms with Crippen LogP contribution in [0.3, 0.4) is 0 Å². The van der Waals surface area contributed by atoms with Gasteiger partial charge in [-0.2, -0.15) is 0 Å². The Labute approximate surface area is 182 Å². The van der Waals surface area contributed by atoms with Crippen molar-refractivity contribution in [3.05, 3.63) is 60.1 Å². The predicted octanol–water partition coefficient (Wildman–Crippen LogP) is 2.65. The molecule has 0 radical (unpaired) electrons. The van der Waals surface area contributed by atoms with Crippen LogP contribution in [0.15, 0.2) is 53.3 Å². The van der Waals surface area contributed by atoms with Crippen molar-refractivity contribution in [1.29, 1.82) is 0 Å². The van der Waals surface area contributed by atoms with Gasteiger partial charge in [0.1, 0.15) is 6.26 Å². The minimum absolute atomic E-state index is 0.0293. The molecule has 7 nitrogen and oxygen atoms in total. The average molecular weight is 424 g/mol. The molecule has 2 atom stereocenters. The monoisotopic (exact) mass is 423 g/mol. The second-order valence-electron chi connectivity index (χ2n) is 8.39. The molecule has 164 valence electrons. The maximum Gasteiger partial charge on any atom is 0.257 e. The van der Waals surface area contributed by atoms with Crippen LogP contribution in [-0.4, -0.2) is 60.2 Å². The standard InChI is InChI=1S/C24H29N3O4/c28-22-8-4-11-26(22)12-5-10-25-23(29)21-14-20(18-6-2-1-3-7-18)15-27(16-21)24(30)19-9-13-31-17-19/h1-3,6-7,9,13,17,20-21H,4-5,8,10-12,14-16H2,(H,25,29). The van der Waals surface area contributed by atoms with Crippen molar-refractivity contribution in [3.63, 3.8) is 0 Å². The lowest BCUT2D eigenvalue weighted by molar-refractivity contribution is -0.127. The van der Waals surface area contributed by atoms with Gasteiger partial charge < -0.3 is 19.5 Å². The van der Waals surface area contributed by atoms with Gasteiger partial charge in [0, 0.05) is 45.1 Å². The zero-order valence-corrected chi connectivity index (χ0v) is 17.7. The molecule has 1 aromatic carbocycles. The maximum atomic E-state index is 12.9. The molecule has 2 aliphatic rings. The Hall–Kier alpha value is -3.09. The highest BCUT2D eigenvalue weighted by Crippen LogP contribution is 2.31. The van der Waals surface area contributed by atoms with Crippen molar-refractivity contribution in [1.82, 2.24) is 15.1 Å². The molecule has 3 amide bonds. The molecule has 1 N–H and O–H groups in total. The number of benzene rings is 1. The minimum Gasteiger partial charge on any atom is -0.472 e. The number of carbonyl (C=O) groups excluding carboxylic acids is 3. The summed E-state index contributed by atoms with van der Waals surface area (Å²) in [6.45, 7) is 3.00. The summed E-state index contributed by atoms with van der Waals surface area (Å²) in [6, 6.07) is 11.7. The highest BCUT2D eigenvalue weighted by Gasteiger charge is 2.35. The lowest BCUT2D eigenvalue weighted by Gasteiger charge is -2.37. The second-order valence-corrected chi connectivity index (χ2v) is 8.39. The molecule has 0 aliphatic carbocycles. The number of rotatable bonds is 7. The van der Waals surface area contributed by atoms with E-state index in [-0.39, 0.29) is 29.6 Å². The van der Waals surface area contributed by atoms with Crippen molar-refractivity contribution in [2.24, 2.45) is 5.92 Å². The number of furan rings is 1. The van der Waals surface area contributed by atoms with Gasteiger partial charge in [-0.05, 0) is 30.9 Å². The Bertz CT molecular complexity index is 897. The third-order valence-electron chi connectivity index (χ3n) is 6.22. The Kier molecular flexibility index (Phi) is 6.70. The van der Waals surface area contributed by atoms with Crippen molar-refractivity contribution in [2.45, 2.75) is 31.6 Å². The van der Waals surface area contributed by atoms with Gasteiger partial charge in [-0.3, -0.25) is 14.4 Å². The van der Waals surface area contributed by atoms with E-state index in [0.717, 1.165) is 24.9 Å². The second kappa shape index (κ2) is 9.81. The van der Waals surface area contributed by atoms with E-state index in [1.807, 2.05) is 23.1 Å². The predicted molar refractivity (Wildman–Crippen MR) is 115 cm³/mol. The minimum atomic E-state index is -0.275. The summed E-state index contributed by atoms with van der Waals surface area (Å²) in [4.78, 5) is 41.2. The largest absolute Gasteiger partial charge is 0.472 e. The van der Waals surface area contributed by atoms with E-state index in [9.17, 15) is 14.4 Å². The molecule has 2 aliphatic heterocycles. The van der Waals surface area contributed by atoms with E-state index in [1.165, 1.54) is 12.5 Å². The van der Waals surface area contributed by atoms with Gasteiger partial charge in [0.25, 0.3) is 5.91 Å². The van der Waals surface area contributed by atoms with Crippen molar-refractivity contribution < 1.29 is 18.8 Å². The summed E-state index contributed by atoms with van der Waals surface area (Å²) in [6.07, 6.45) is 5.94. The van der Waals surface area contributed by atoms with Gasteiger partial charge in [0.15, 0.2) is 0 Å². The molecule has 0 saturated carbocycles. The number of carbonyl (C=O) groups is 3. The van der Waals surface area contributed by atoms with Crippen LogP contribution in [0.2, 0.25) is 0 Å². The zero-order chi connectivity index (χ0) is 21.6. The Morgan fingerprint density at radius 2 is 1.97 bits per heavy atom. The van der Waals surface area contributed by atoms with Gasteiger partial charge in [-0.25, -0.2) is 0 Å². The molecule has 31 heavy (non-hydrogen) atoms. The fourth-order valence-electron chi connectivity index (χ4n) is 4.56. The molecule has 4 rings (SSSR count). The highest BCUT2D eigenvalue weighted by atomic mass is 16.3. The van der Waals surface area contributed by atoms with Gasteiger partial charge in [0.05, 0.1) is 17.7 Å². The van der Waals surface area contributed by atoms with E-state index in [0.29, 0.717) is 44.6 Å². The topological polar surface area (TPSA) is 82.9 Å². The SMILES string of the molecule is O=C(NCCCN1CCCC1=O)C1CC(c2ccccc2)CN(C(=O)c2ccoc2)C1.